The van der Waals surface area contributed by atoms with Crippen LogP contribution >= 0.6 is 0 Å². The molecule has 0 spiro atoms. The summed E-state index contributed by atoms with van der Waals surface area (Å²) in [5, 5.41) is 13.1. The van der Waals surface area contributed by atoms with Crippen LogP contribution in [0.2, 0.25) is 0 Å². The summed E-state index contributed by atoms with van der Waals surface area (Å²) in [5.74, 6) is -0.814. The Balaban J connectivity index is 2.68. The lowest BCUT2D eigenvalue weighted by molar-refractivity contribution is 0.0686. The lowest BCUT2D eigenvalue weighted by atomic mass is 10.0. The molecule has 0 unspecified atom stereocenters. The van der Waals surface area contributed by atoms with Gasteiger partial charge in [-0.3, -0.25) is 4.79 Å². The summed E-state index contributed by atoms with van der Waals surface area (Å²) in [6.45, 7) is 3.66. The number of methoxy groups -OCH3 is 1. The second-order valence-electron chi connectivity index (χ2n) is 4.87. The molecule has 6 nitrogen and oxygen atoms in total. The van der Waals surface area contributed by atoms with Crippen LogP contribution in [0.4, 0.5) is 0 Å². The van der Waals surface area contributed by atoms with Gasteiger partial charge in [-0.05, 0) is 18.1 Å². The zero-order chi connectivity index (χ0) is 15.6. The van der Waals surface area contributed by atoms with E-state index >= 15 is 0 Å². The minimum Gasteiger partial charge on any atom is -0.497 e. The molecular weight excluding hydrogens is 272 g/mol. The minimum atomic E-state index is -1.33. The van der Waals surface area contributed by atoms with Gasteiger partial charge < -0.3 is 9.84 Å². The highest BCUT2D eigenvalue weighted by molar-refractivity contribution is 5.85. The van der Waals surface area contributed by atoms with Crippen LogP contribution in [0.3, 0.4) is 0 Å². The first-order valence-corrected chi connectivity index (χ1v) is 6.45. The van der Waals surface area contributed by atoms with Crippen LogP contribution in [0.25, 0.3) is 5.69 Å². The summed E-state index contributed by atoms with van der Waals surface area (Å²) < 4.78 is 6.53. The quantitative estimate of drug-likeness (QED) is 0.931. The van der Waals surface area contributed by atoms with Crippen LogP contribution in [0.15, 0.2) is 35.3 Å². The number of nitrogens with zero attached hydrogens (tertiary/aromatic N) is 2. The molecule has 0 atom stereocenters. The molecule has 6 heteroatoms. The highest BCUT2D eigenvalue weighted by Crippen LogP contribution is 2.17. The summed E-state index contributed by atoms with van der Waals surface area (Å²) in [5.41, 5.74) is 0.00429. The molecule has 1 heterocycles. The van der Waals surface area contributed by atoms with E-state index in [0.717, 1.165) is 0 Å². The average molecular weight is 288 g/mol. The second kappa shape index (κ2) is 5.78. The number of ether oxygens (including phenoxy) is 1. The third-order valence-corrected chi connectivity index (χ3v) is 3.09. The van der Waals surface area contributed by atoms with Crippen molar-refractivity contribution in [1.82, 2.24) is 9.78 Å². The van der Waals surface area contributed by atoms with E-state index < -0.39 is 17.1 Å². The first-order valence-electron chi connectivity index (χ1n) is 6.45. The van der Waals surface area contributed by atoms with Gasteiger partial charge in [-0.2, -0.15) is 5.10 Å². The molecule has 1 aromatic carbocycles. The first kappa shape index (κ1) is 14.8. The molecule has 0 fully saturated rings. The maximum absolute atomic E-state index is 12.1. The van der Waals surface area contributed by atoms with Gasteiger partial charge in [-0.25, -0.2) is 9.48 Å². The number of benzene rings is 1. The van der Waals surface area contributed by atoms with E-state index in [-0.39, 0.29) is 5.92 Å². The Hall–Kier alpha value is -2.63. The van der Waals surface area contributed by atoms with E-state index in [9.17, 15) is 9.59 Å². The van der Waals surface area contributed by atoms with Crippen LogP contribution < -0.4 is 10.2 Å². The zero-order valence-corrected chi connectivity index (χ0v) is 12.0. The summed E-state index contributed by atoms with van der Waals surface area (Å²) in [7, 11) is 1.54. The molecule has 0 aliphatic rings. The molecule has 110 valence electrons. The standard InChI is InChI=1S/C15H16N2O4/c1-9(2)12-8-17(16-13(14(12)18)15(19)20)10-5-4-6-11(7-10)21-3/h4-9H,1-3H3,(H,19,20). The van der Waals surface area contributed by atoms with Gasteiger partial charge in [0.15, 0.2) is 0 Å². The Morgan fingerprint density at radius 1 is 1.38 bits per heavy atom. The van der Waals surface area contributed by atoms with Crippen molar-refractivity contribution in [3.8, 4) is 11.4 Å². The fraction of sp³-hybridized carbons (Fsp3) is 0.267. The van der Waals surface area contributed by atoms with E-state index in [1.807, 2.05) is 13.8 Å². The monoisotopic (exact) mass is 288 g/mol. The molecule has 0 saturated carbocycles. The number of rotatable bonds is 4. The SMILES string of the molecule is COc1cccc(-n2cc(C(C)C)c(=O)c(C(=O)O)n2)c1. The predicted octanol–water partition coefficient (Wildman–Crippen LogP) is 2.06. The molecule has 21 heavy (non-hydrogen) atoms. The number of carboxylic acids is 1. The van der Waals surface area contributed by atoms with Crippen LogP contribution in [-0.4, -0.2) is 28.0 Å². The Morgan fingerprint density at radius 2 is 2.10 bits per heavy atom. The third kappa shape index (κ3) is 2.94. The van der Waals surface area contributed by atoms with Gasteiger partial charge in [-0.1, -0.05) is 19.9 Å². The number of hydrogen-bond acceptors (Lipinski definition) is 4. The van der Waals surface area contributed by atoms with E-state index in [1.54, 1.807) is 37.6 Å². The Kier molecular flexibility index (Phi) is 4.07. The van der Waals surface area contributed by atoms with Gasteiger partial charge in [0, 0.05) is 17.8 Å². The lowest BCUT2D eigenvalue weighted by Gasteiger charge is -2.12. The van der Waals surface area contributed by atoms with Crippen molar-refractivity contribution in [2.45, 2.75) is 19.8 Å². The number of aromatic nitrogens is 2. The largest absolute Gasteiger partial charge is 0.497 e. The topological polar surface area (TPSA) is 81.4 Å². The van der Waals surface area contributed by atoms with E-state index in [1.165, 1.54) is 4.68 Å². The normalized spacial score (nSPS) is 10.7. The highest BCUT2D eigenvalue weighted by Gasteiger charge is 2.18. The van der Waals surface area contributed by atoms with Crippen molar-refractivity contribution in [1.29, 1.82) is 0 Å². The fourth-order valence-electron chi connectivity index (χ4n) is 1.95. The van der Waals surface area contributed by atoms with Gasteiger partial charge in [0.2, 0.25) is 11.1 Å². The lowest BCUT2D eigenvalue weighted by Crippen LogP contribution is -2.25. The average Bonchev–Trinajstić information content (AvgIpc) is 2.46. The number of aromatic carboxylic acids is 1. The zero-order valence-electron chi connectivity index (χ0n) is 12.0. The van der Waals surface area contributed by atoms with Crippen molar-refractivity contribution >= 4 is 5.97 Å². The molecule has 0 saturated heterocycles. The molecule has 1 aromatic heterocycles. The Morgan fingerprint density at radius 3 is 2.67 bits per heavy atom. The molecular formula is C15H16N2O4. The summed E-state index contributed by atoms with van der Waals surface area (Å²) >= 11 is 0. The number of carboxylic acid groups (broad SMARTS) is 1. The van der Waals surface area contributed by atoms with E-state index in [2.05, 4.69) is 5.10 Å². The number of hydrogen-bond donors (Lipinski definition) is 1. The fourth-order valence-corrected chi connectivity index (χ4v) is 1.95. The van der Waals surface area contributed by atoms with Crippen LogP contribution in [0.1, 0.15) is 35.8 Å². The first-order chi connectivity index (χ1) is 9.93. The van der Waals surface area contributed by atoms with Crippen molar-refractivity contribution in [2.24, 2.45) is 0 Å². The summed E-state index contributed by atoms with van der Waals surface area (Å²) in [6.07, 6.45) is 1.56. The Labute approximate surface area is 121 Å². The van der Waals surface area contributed by atoms with Gasteiger partial charge in [0.25, 0.3) is 0 Å². The van der Waals surface area contributed by atoms with E-state index in [0.29, 0.717) is 17.0 Å². The van der Waals surface area contributed by atoms with Crippen molar-refractivity contribution in [2.75, 3.05) is 7.11 Å². The van der Waals surface area contributed by atoms with Crippen LogP contribution in [0, 0.1) is 0 Å². The Bertz CT molecular complexity index is 735. The molecule has 0 bridgehead atoms. The van der Waals surface area contributed by atoms with Crippen molar-refractivity contribution < 1.29 is 14.6 Å². The maximum Gasteiger partial charge on any atom is 0.360 e. The molecule has 2 rings (SSSR count). The van der Waals surface area contributed by atoms with Crippen molar-refractivity contribution in [3.63, 3.8) is 0 Å². The third-order valence-electron chi connectivity index (χ3n) is 3.09. The van der Waals surface area contributed by atoms with Crippen molar-refractivity contribution in [3.05, 3.63) is 51.9 Å². The minimum absolute atomic E-state index is 0.101. The van der Waals surface area contributed by atoms with Gasteiger partial charge in [-0.15, -0.1) is 0 Å². The second-order valence-corrected chi connectivity index (χ2v) is 4.87. The molecule has 1 N–H and O–H groups in total. The van der Waals surface area contributed by atoms with Gasteiger partial charge in [0.05, 0.1) is 12.8 Å². The maximum atomic E-state index is 12.1. The molecule has 0 aliphatic heterocycles. The number of carbonyl (C=O) groups is 1. The van der Waals surface area contributed by atoms with Crippen LogP contribution in [-0.2, 0) is 0 Å². The predicted molar refractivity (Wildman–Crippen MR) is 77.4 cm³/mol. The molecule has 2 aromatic rings. The molecule has 0 radical (unpaired) electrons. The summed E-state index contributed by atoms with van der Waals surface area (Å²) in [6, 6.07) is 7.01. The molecule has 0 amide bonds. The highest BCUT2D eigenvalue weighted by atomic mass is 16.5. The van der Waals surface area contributed by atoms with Gasteiger partial charge >= 0.3 is 5.97 Å². The smallest absolute Gasteiger partial charge is 0.360 e. The van der Waals surface area contributed by atoms with Crippen LogP contribution in [0.5, 0.6) is 5.75 Å². The van der Waals surface area contributed by atoms with Gasteiger partial charge in [0.1, 0.15) is 5.75 Å². The molecule has 0 aliphatic carbocycles. The van der Waals surface area contributed by atoms with E-state index in [4.69, 9.17) is 9.84 Å². The summed E-state index contributed by atoms with van der Waals surface area (Å²) in [4.78, 5) is 23.3.